The summed E-state index contributed by atoms with van der Waals surface area (Å²) >= 11 is 0. The molecule has 11 heteroatoms. The SMILES string of the molecule is O=C(O)c1c(C(F)(F)F)ccc(C(F)(F)F)c1C(F)(F)F. The van der Waals surface area contributed by atoms with Crippen molar-refractivity contribution in [2.75, 3.05) is 0 Å². The van der Waals surface area contributed by atoms with E-state index in [0.29, 0.717) is 0 Å². The summed E-state index contributed by atoms with van der Waals surface area (Å²) in [5, 5.41) is 8.50. The van der Waals surface area contributed by atoms with Crippen molar-refractivity contribution < 1.29 is 49.4 Å². The zero-order valence-corrected chi connectivity index (χ0v) is 9.41. The molecule has 0 amide bonds. The minimum absolute atomic E-state index is 0.346. The van der Waals surface area contributed by atoms with E-state index in [1.54, 1.807) is 0 Å². The fourth-order valence-electron chi connectivity index (χ4n) is 1.59. The quantitative estimate of drug-likeness (QED) is 0.775. The highest BCUT2D eigenvalue weighted by molar-refractivity contribution is 5.92. The molecule has 0 unspecified atom stereocenters. The largest absolute Gasteiger partial charge is 0.478 e. The number of carbonyl (C=O) groups is 1. The first-order chi connectivity index (χ1) is 9.17. The van der Waals surface area contributed by atoms with Crippen LogP contribution in [0.2, 0.25) is 0 Å². The minimum Gasteiger partial charge on any atom is -0.478 e. The molecule has 0 atom stereocenters. The van der Waals surface area contributed by atoms with Crippen molar-refractivity contribution in [2.24, 2.45) is 0 Å². The minimum atomic E-state index is -5.93. The van der Waals surface area contributed by atoms with Crippen molar-refractivity contribution in [3.8, 4) is 0 Å². The highest BCUT2D eigenvalue weighted by atomic mass is 19.4. The van der Waals surface area contributed by atoms with E-state index >= 15 is 0 Å². The second-order valence-corrected chi connectivity index (χ2v) is 3.71. The third-order valence-corrected chi connectivity index (χ3v) is 2.31. The van der Waals surface area contributed by atoms with Crippen LogP contribution in [0, 0.1) is 0 Å². The summed E-state index contributed by atoms with van der Waals surface area (Å²) < 4.78 is 113. The Morgan fingerprint density at radius 2 is 1.14 bits per heavy atom. The van der Waals surface area contributed by atoms with Gasteiger partial charge in [-0.2, -0.15) is 39.5 Å². The number of carboxylic acid groups (broad SMARTS) is 1. The molecule has 0 bridgehead atoms. The fourth-order valence-corrected chi connectivity index (χ4v) is 1.59. The lowest BCUT2D eigenvalue weighted by Crippen LogP contribution is -2.25. The number of hydrogen-bond donors (Lipinski definition) is 1. The van der Waals surface area contributed by atoms with Crippen LogP contribution in [0.15, 0.2) is 12.1 Å². The van der Waals surface area contributed by atoms with Gasteiger partial charge >= 0.3 is 24.5 Å². The van der Waals surface area contributed by atoms with Crippen molar-refractivity contribution in [3.63, 3.8) is 0 Å². The summed E-state index contributed by atoms with van der Waals surface area (Å²) in [6, 6.07) is -0.792. The average Bonchev–Trinajstić information content (AvgIpc) is 2.23. The lowest BCUT2D eigenvalue weighted by Gasteiger charge is -2.20. The Morgan fingerprint density at radius 1 is 0.762 bits per heavy atom. The Hall–Kier alpha value is -1.94. The highest BCUT2D eigenvalue weighted by Crippen LogP contribution is 2.45. The number of carboxylic acids is 1. The topological polar surface area (TPSA) is 37.3 Å². The number of aromatic carboxylic acids is 1. The Labute approximate surface area is 109 Å². The first-order valence-electron chi connectivity index (χ1n) is 4.79. The Morgan fingerprint density at radius 3 is 1.43 bits per heavy atom. The van der Waals surface area contributed by atoms with Gasteiger partial charge in [-0.3, -0.25) is 0 Å². The molecular formula is C10H3F9O2. The van der Waals surface area contributed by atoms with Gasteiger partial charge in [0.25, 0.3) is 0 Å². The molecule has 0 fully saturated rings. The summed E-state index contributed by atoms with van der Waals surface area (Å²) in [6.45, 7) is 0. The standard InChI is InChI=1S/C10H3F9O2/c11-8(12,13)3-1-2-4(9(14,15)16)6(10(17,18)19)5(3)7(20)21/h1-2H,(H,20,21). The smallest absolute Gasteiger partial charge is 0.417 e. The number of rotatable bonds is 1. The van der Waals surface area contributed by atoms with E-state index in [9.17, 15) is 44.3 Å². The van der Waals surface area contributed by atoms with Gasteiger partial charge in [0.2, 0.25) is 0 Å². The van der Waals surface area contributed by atoms with Crippen LogP contribution >= 0.6 is 0 Å². The summed E-state index contributed by atoms with van der Waals surface area (Å²) in [5.74, 6) is -2.76. The van der Waals surface area contributed by atoms with Crippen molar-refractivity contribution in [1.29, 1.82) is 0 Å². The summed E-state index contributed by atoms with van der Waals surface area (Å²) in [6.07, 6.45) is -17.2. The number of halogens is 9. The van der Waals surface area contributed by atoms with Crippen LogP contribution in [-0.2, 0) is 18.5 Å². The van der Waals surface area contributed by atoms with Crippen LogP contribution in [0.5, 0.6) is 0 Å². The molecule has 0 aliphatic rings. The van der Waals surface area contributed by atoms with E-state index in [1.807, 2.05) is 0 Å². The van der Waals surface area contributed by atoms with Crippen LogP contribution in [0.1, 0.15) is 27.0 Å². The van der Waals surface area contributed by atoms with Gasteiger partial charge < -0.3 is 5.11 Å². The lowest BCUT2D eigenvalue weighted by molar-refractivity contribution is -0.164. The molecule has 2 nitrogen and oxygen atoms in total. The van der Waals surface area contributed by atoms with E-state index in [1.165, 1.54) is 0 Å². The third-order valence-electron chi connectivity index (χ3n) is 2.31. The zero-order valence-electron chi connectivity index (χ0n) is 9.41. The Kier molecular flexibility index (Phi) is 3.92. The second kappa shape index (κ2) is 4.81. The average molecular weight is 326 g/mol. The molecule has 1 rings (SSSR count). The van der Waals surface area contributed by atoms with E-state index in [4.69, 9.17) is 5.11 Å². The van der Waals surface area contributed by atoms with Crippen LogP contribution < -0.4 is 0 Å². The van der Waals surface area contributed by atoms with Gasteiger partial charge in [0.1, 0.15) is 0 Å². The summed E-state index contributed by atoms with van der Waals surface area (Å²) in [4.78, 5) is 10.6. The first kappa shape index (κ1) is 17.1. The first-order valence-corrected chi connectivity index (χ1v) is 4.79. The Balaban J connectivity index is 3.95. The molecule has 118 valence electrons. The molecule has 0 aliphatic heterocycles. The van der Waals surface area contributed by atoms with Gasteiger partial charge in [-0.05, 0) is 12.1 Å². The molecule has 0 radical (unpaired) electrons. The van der Waals surface area contributed by atoms with Gasteiger partial charge in [0, 0.05) is 0 Å². The molecule has 1 N–H and O–H groups in total. The van der Waals surface area contributed by atoms with Crippen molar-refractivity contribution in [2.45, 2.75) is 18.5 Å². The summed E-state index contributed by atoms with van der Waals surface area (Å²) in [7, 11) is 0. The van der Waals surface area contributed by atoms with E-state index in [0.717, 1.165) is 0 Å². The van der Waals surface area contributed by atoms with Crippen molar-refractivity contribution in [3.05, 3.63) is 34.4 Å². The third kappa shape index (κ3) is 3.39. The van der Waals surface area contributed by atoms with Crippen molar-refractivity contribution in [1.82, 2.24) is 0 Å². The molecule has 0 spiro atoms. The predicted molar refractivity (Wildman–Crippen MR) is 48.4 cm³/mol. The number of alkyl halides is 9. The van der Waals surface area contributed by atoms with Gasteiger partial charge in [0.05, 0.1) is 22.3 Å². The lowest BCUT2D eigenvalue weighted by atomic mass is 9.94. The van der Waals surface area contributed by atoms with Gasteiger partial charge in [-0.15, -0.1) is 0 Å². The summed E-state index contributed by atoms with van der Waals surface area (Å²) in [5.41, 5.74) is -10.2. The molecule has 0 saturated heterocycles. The fraction of sp³-hybridized carbons (Fsp3) is 0.300. The van der Waals surface area contributed by atoms with Gasteiger partial charge in [0.15, 0.2) is 0 Å². The van der Waals surface area contributed by atoms with Crippen molar-refractivity contribution >= 4 is 5.97 Å². The predicted octanol–water partition coefficient (Wildman–Crippen LogP) is 4.44. The van der Waals surface area contributed by atoms with Gasteiger partial charge in [-0.25, -0.2) is 4.79 Å². The second-order valence-electron chi connectivity index (χ2n) is 3.71. The van der Waals surface area contributed by atoms with Crippen LogP contribution in [0.3, 0.4) is 0 Å². The monoisotopic (exact) mass is 326 g/mol. The van der Waals surface area contributed by atoms with E-state index in [2.05, 4.69) is 0 Å². The Bertz CT molecular complexity index is 566. The number of benzene rings is 1. The normalized spacial score (nSPS) is 13.4. The maximum atomic E-state index is 12.6. The molecule has 0 saturated carbocycles. The van der Waals surface area contributed by atoms with Crippen LogP contribution in [0.25, 0.3) is 0 Å². The van der Waals surface area contributed by atoms with E-state index < -0.39 is 52.8 Å². The molecule has 0 heterocycles. The van der Waals surface area contributed by atoms with Crippen LogP contribution in [-0.4, -0.2) is 11.1 Å². The molecular weight excluding hydrogens is 323 g/mol. The zero-order chi connectivity index (χ0) is 16.8. The molecule has 21 heavy (non-hydrogen) atoms. The highest BCUT2D eigenvalue weighted by Gasteiger charge is 2.49. The number of hydrogen-bond acceptors (Lipinski definition) is 1. The molecule has 1 aromatic rings. The van der Waals surface area contributed by atoms with E-state index in [-0.39, 0.29) is 6.07 Å². The molecule has 0 aliphatic carbocycles. The molecule has 0 aromatic heterocycles. The molecule has 1 aromatic carbocycles. The van der Waals surface area contributed by atoms with Gasteiger partial charge in [-0.1, -0.05) is 0 Å². The van der Waals surface area contributed by atoms with Crippen LogP contribution in [0.4, 0.5) is 39.5 Å². The maximum Gasteiger partial charge on any atom is 0.417 e. The maximum absolute atomic E-state index is 12.6.